The first kappa shape index (κ1) is 16.4. The Morgan fingerprint density at radius 3 is 2.71 bits per heavy atom. The third kappa shape index (κ3) is 4.61. The molecular formula is C11H15BrClFN2O. The first-order valence-corrected chi connectivity index (χ1v) is 5.70. The smallest absolute Gasteiger partial charge is 0.256 e. The summed E-state index contributed by atoms with van der Waals surface area (Å²) in [4.78, 5) is 13.3. The molecule has 0 aliphatic rings. The highest BCUT2D eigenvalue weighted by Crippen LogP contribution is 2.16. The zero-order valence-electron chi connectivity index (χ0n) is 9.67. The summed E-state index contributed by atoms with van der Waals surface area (Å²) in [5.41, 5.74) is 0.0989. The van der Waals surface area contributed by atoms with Gasteiger partial charge in [0.25, 0.3) is 5.91 Å². The van der Waals surface area contributed by atoms with Crippen LogP contribution in [0.4, 0.5) is 4.39 Å². The van der Waals surface area contributed by atoms with Crippen molar-refractivity contribution in [3.63, 3.8) is 0 Å². The van der Waals surface area contributed by atoms with Gasteiger partial charge in [-0.2, -0.15) is 0 Å². The number of carbonyl (C=O) groups is 1. The second-order valence-electron chi connectivity index (χ2n) is 3.45. The molecular weight excluding hydrogens is 310 g/mol. The van der Waals surface area contributed by atoms with Gasteiger partial charge in [0.15, 0.2) is 0 Å². The number of benzene rings is 1. The molecule has 3 nitrogen and oxygen atoms in total. The fraction of sp³-hybridized carbons (Fsp3) is 0.364. The van der Waals surface area contributed by atoms with Gasteiger partial charge in [-0.15, -0.1) is 12.4 Å². The zero-order chi connectivity index (χ0) is 12.1. The predicted octanol–water partition coefficient (Wildman–Crippen LogP) is 2.30. The van der Waals surface area contributed by atoms with Crippen LogP contribution in [0.2, 0.25) is 0 Å². The Labute approximate surface area is 115 Å². The Kier molecular flexibility index (Phi) is 7.34. The van der Waals surface area contributed by atoms with E-state index in [1.54, 1.807) is 20.2 Å². The molecule has 1 aromatic carbocycles. The van der Waals surface area contributed by atoms with Crippen LogP contribution in [0.5, 0.6) is 0 Å². The average molecular weight is 326 g/mol. The van der Waals surface area contributed by atoms with Crippen molar-refractivity contribution in [1.29, 1.82) is 0 Å². The lowest BCUT2D eigenvalue weighted by atomic mass is 10.2. The third-order valence-corrected chi connectivity index (χ3v) is 2.70. The van der Waals surface area contributed by atoms with Gasteiger partial charge >= 0.3 is 0 Å². The molecule has 0 aliphatic carbocycles. The van der Waals surface area contributed by atoms with E-state index in [0.29, 0.717) is 17.6 Å². The van der Waals surface area contributed by atoms with Gasteiger partial charge in [-0.05, 0) is 25.2 Å². The topological polar surface area (TPSA) is 32.3 Å². The quantitative estimate of drug-likeness (QED) is 0.921. The number of rotatable bonds is 4. The van der Waals surface area contributed by atoms with E-state index in [-0.39, 0.29) is 23.9 Å². The highest BCUT2D eigenvalue weighted by atomic mass is 79.9. The Morgan fingerprint density at radius 2 is 2.18 bits per heavy atom. The monoisotopic (exact) mass is 324 g/mol. The predicted molar refractivity (Wildman–Crippen MR) is 72.2 cm³/mol. The maximum absolute atomic E-state index is 13.5. The Morgan fingerprint density at radius 1 is 1.53 bits per heavy atom. The first-order valence-electron chi connectivity index (χ1n) is 4.91. The number of halogens is 3. The molecule has 0 fully saturated rings. The summed E-state index contributed by atoms with van der Waals surface area (Å²) < 4.78 is 14.1. The molecule has 0 heterocycles. The minimum Gasteiger partial charge on any atom is -0.340 e. The van der Waals surface area contributed by atoms with Crippen LogP contribution < -0.4 is 5.32 Å². The van der Waals surface area contributed by atoms with Gasteiger partial charge < -0.3 is 10.2 Å². The van der Waals surface area contributed by atoms with E-state index in [4.69, 9.17) is 0 Å². The molecule has 0 aromatic heterocycles. The van der Waals surface area contributed by atoms with Gasteiger partial charge in [0.2, 0.25) is 0 Å². The third-order valence-electron chi connectivity index (χ3n) is 2.21. The minimum atomic E-state index is -0.504. The fourth-order valence-corrected chi connectivity index (χ4v) is 1.58. The van der Waals surface area contributed by atoms with Crippen LogP contribution in [-0.4, -0.2) is 38.0 Å². The molecule has 0 saturated carbocycles. The maximum atomic E-state index is 13.5. The number of amides is 1. The summed E-state index contributed by atoms with van der Waals surface area (Å²) in [5.74, 6) is -0.809. The highest BCUT2D eigenvalue weighted by Gasteiger charge is 2.15. The molecule has 1 rings (SSSR count). The Bertz CT molecular complexity index is 390. The van der Waals surface area contributed by atoms with Gasteiger partial charge in [0, 0.05) is 24.6 Å². The Hall–Kier alpha value is -0.650. The minimum absolute atomic E-state index is 0. The van der Waals surface area contributed by atoms with Crippen molar-refractivity contribution in [3.8, 4) is 0 Å². The van der Waals surface area contributed by atoms with E-state index in [1.165, 1.54) is 17.0 Å². The van der Waals surface area contributed by atoms with Crippen molar-refractivity contribution in [1.82, 2.24) is 10.2 Å². The summed E-state index contributed by atoms with van der Waals surface area (Å²) >= 11 is 3.15. The van der Waals surface area contributed by atoms with Crippen LogP contribution in [0.25, 0.3) is 0 Å². The first-order chi connectivity index (χ1) is 7.56. The molecule has 0 radical (unpaired) electrons. The summed E-state index contributed by atoms with van der Waals surface area (Å²) in [6.45, 7) is 1.23. The lowest BCUT2D eigenvalue weighted by Crippen LogP contribution is -2.33. The summed E-state index contributed by atoms with van der Waals surface area (Å²) in [7, 11) is 3.46. The van der Waals surface area contributed by atoms with Crippen molar-refractivity contribution in [2.75, 3.05) is 27.2 Å². The molecule has 0 unspecified atom stereocenters. The second-order valence-corrected chi connectivity index (χ2v) is 4.37. The average Bonchev–Trinajstić information content (AvgIpc) is 2.25. The molecule has 0 saturated heterocycles. The van der Waals surface area contributed by atoms with Crippen molar-refractivity contribution < 1.29 is 9.18 Å². The fourth-order valence-electron chi connectivity index (χ4n) is 1.25. The van der Waals surface area contributed by atoms with Gasteiger partial charge in [-0.25, -0.2) is 4.39 Å². The normalized spacial score (nSPS) is 9.65. The molecule has 1 aromatic rings. The number of carbonyl (C=O) groups excluding carboxylic acids is 1. The highest BCUT2D eigenvalue weighted by molar-refractivity contribution is 9.10. The summed E-state index contributed by atoms with van der Waals surface area (Å²) in [6, 6.07) is 4.43. The van der Waals surface area contributed by atoms with Gasteiger partial charge in [0.05, 0.1) is 5.56 Å². The Balaban J connectivity index is 0.00000256. The number of nitrogens with zero attached hydrogens (tertiary/aromatic N) is 1. The molecule has 6 heteroatoms. The largest absolute Gasteiger partial charge is 0.340 e. The molecule has 0 aliphatic heterocycles. The standard InChI is InChI=1S/C11H14BrFN2O.ClH/c1-14-5-6-15(2)11(16)9-4-3-8(12)7-10(9)13;/h3-4,7,14H,5-6H2,1-2H3;1H. The van der Waals surface area contributed by atoms with E-state index in [9.17, 15) is 9.18 Å². The SMILES string of the molecule is CNCCN(C)C(=O)c1ccc(Br)cc1F.Cl. The van der Waals surface area contributed by atoms with Crippen molar-refractivity contribution in [3.05, 3.63) is 34.1 Å². The molecule has 0 spiro atoms. The lowest BCUT2D eigenvalue weighted by molar-refractivity contribution is 0.0792. The number of nitrogens with one attached hydrogen (secondary N) is 1. The molecule has 1 amide bonds. The van der Waals surface area contributed by atoms with Gasteiger partial charge in [0.1, 0.15) is 5.82 Å². The summed E-state index contributed by atoms with van der Waals surface area (Å²) in [6.07, 6.45) is 0. The van der Waals surface area contributed by atoms with Crippen molar-refractivity contribution in [2.24, 2.45) is 0 Å². The number of hydrogen-bond donors (Lipinski definition) is 1. The molecule has 17 heavy (non-hydrogen) atoms. The van der Waals surface area contributed by atoms with E-state index < -0.39 is 5.82 Å². The van der Waals surface area contributed by atoms with Crippen LogP contribution in [-0.2, 0) is 0 Å². The van der Waals surface area contributed by atoms with Crippen LogP contribution >= 0.6 is 28.3 Å². The molecule has 0 bridgehead atoms. The van der Waals surface area contributed by atoms with Crippen molar-refractivity contribution in [2.45, 2.75) is 0 Å². The van der Waals surface area contributed by atoms with Crippen LogP contribution in [0.1, 0.15) is 10.4 Å². The zero-order valence-corrected chi connectivity index (χ0v) is 12.1. The van der Waals surface area contributed by atoms with Gasteiger partial charge in [-0.1, -0.05) is 15.9 Å². The van der Waals surface area contributed by atoms with E-state index >= 15 is 0 Å². The number of hydrogen-bond acceptors (Lipinski definition) is 2. The van der Waals surface area contributed by atoms with Crippen LogP contribution in [0.3, 0.4) is 0 Å². The molecule has 96 valence electrons. The van der Waals surface area contributed by atoms with Crippen LogP contribution in [0.15, 0.2) is 22.7 Å². The van der Waals surface area contributed by atoms with Gasteiger partial charge in [-0.3, -0.25) is 4.79 Å². The van der Waals surface area contributed by atoms with Crippen LogP contribution in [0, 0.1) is 5.82 Å². The summed E-state index contributed by atoms with van der Waals surface area (Å²) in [5, 5.41) is 2.93. The lowest BCUT2D eigenvalue weighted by Gasteiger charge is -2.17. The van der Waals surface area contributed by atoms with E-state index in [2.05, 4.69) is 21.2 Å². The maximum Gasteiger partial charge on any atom is 0.256 e. The number of likely N-dealkylation sites (N-methyl/N-ethyl adjacent to an activating group) is 2. The van der Waals surface area contributed by atoms with E-state index in [0.717, 1.165) is 0 Å². The second kappa shape index (κ2) is 7.63. The molecule has 0 atom stereocenters. The molecule has 1 N–H and O–H groups in total. The van der Waals surface area contributed by atoms with E-state index in [1.807, 2.05) is 0 Å². The van der Waals surface area contributed by atoms with Crippen molar-refractivity contribution >= 4 is 34.2 Å².